The van der Waals surface area contributed by atoms with Gasteiger partial charge in [-0.2, -0.15) is 0 Å². The first-order valence-corrected chi connectivity index (χ1v) is 8.31. The molecule has 23 heavy (non-hydrogen) atoms. The van der Waals surface area contributed by atoms with E-state index in [2.05, 4.69) is 17.6 Å². The lowest BCUT2D eigenvalue weighted by Crippen LogP contribution is -2.40. The van der Waals surface area contributed by atoms with Gasteiger partial charge in [0.05, 0.1) is 5.69 Å². The number of aromatic nitrogens is 1. The molecule has 126 valence electrons. The third-order valence-corrected chi connectivity index (χ3v) is 4.60. The van der Waals surface area contributed by atoms with E-state index in [-0.39, 0.29) is 5.56 Å². The molecule has 1 aliphatic carbocycles. The number of nitrogens with zero attached hydrogens (tertiary/aromatic N) is 1. The molecule has 0 saturated heterocycles. The number of hydrogen-bond acceptors (Lipinski definition) is 3. The van der Waals surface area contributed by atoms with Gasteiger partial charge in [0.25, 0.3) is 5.56 Å². The minimum Gasteiger partial charge on any atom is -0.348 e. The highest BCUT2D eigenvalue weighted by atomic mass is 16.2. The minimum atomic E-state index is -0.699. The minimum absolute atomic E-state index is 0.138. The lowest BCUT2D eigenvalue weighted by Gasteiger charge is -2.28. The molecule has 0 radical (unpaired) electrons. The summed E-state index contributed by atoms with van der Waals surface area (Å²) < 4.78 is 1.47. The van der Waals surface area contributed by atoms with E-state index in [1.807, 2.05) is 6.92 Å². The zero-order chi connectivity index (χ0) is 16.8. The van der Waals surface area contributed by atoms with Gasteiger partial charge in [-0.05, 0) is 31.2 Å². The van der Waals surface area contributed by atoms with Crippen molar-refractivity contribution >= 4 is 17.5 Å². The number of carbonyl (C=O) groups excluding carboxylic acids is 2. The molecule has 1 aromatic rings. The van der Waals surface area contributed by atoms with E-state index < -0.39 is 11.8 Å². The van der Waals surface area contributed by atoms with Crippen LogP contribution in [0.3, 0.4) is 0 Å². The fourth-order valence-corrected chi connectivity index (χ4v) is 3.04. The maximum absolute atomic E-state index is 11.9. The van der Waals surface area contributed by atoms with Crippen LogP contribution in [0.1, 0.15) is 39.5 Å². The molecule has 0 aliphatic heterocycles. The molecule has 1 aliphatic rings. The molecule has 0 aromatic carbocycles. The fraction of sp³-hybridized carbons (Fsp3) is 0.588. The van der Waals surface area contributed by atoms with Crippen LogP contribution in [0.25, 0.3) is 0 Å². The Kier molecular flexibility index (Phi) is 5.96. The van der Waals surface area contributed by atoms with E-state index in [4.69, 9.17) is 0 Å². The number of amides is 2. The normalized spacial score (nSPS) is 20.8. The van der Waals surface area contributed by atoms with Gasteiger partial charge in [0.15, 0.2) is 0 Å². The van der Waals surface area contributed by atoms with Crippen LogP contribution in [0.4, 0.5) is 5.69 Å². The molecule has 1 fully saturated rings. The van der Waals surface area contributed by atoms with Gasteiger partial charge >= 0.3 is 11.8 Å². The second kappa shape index (κ2) is 7.94. The van der Waals surface area contributed by atoms with Crippen molar-refractivity contribution in [1.82, 2.24) is 9.88 Å². The van der Waals surface area contributed by atoms with Crippen molar-refractivity contribution in [2.24, 2.45) is 11.8 Å². The average Bonchev–Trinajstić information content (AvgIpc) is 2.55. The summed E-state index contributed by atoms with van der Waals surface area (Å²) in [5.74, 6) is -0.297. The average molecular weight is 319 g/mol. The van der Waals surface area contributed by atoms with Gasteiger partial charge in [-0.25, -0.2) is 0 Å². The number of aryl methyl sites for hydroxylation is 1. The molecule has 2 unspecified atom stereocenters. The molecule has 1 saturated carbocycles. The first-order valence-electron chi connectivity index (χ1n) is 8.31. The Hall–Kier alpha value is -2.11. The highest BCUT2D eigenvalue weighted by Gasteiger charge is 2.23. The lowest BCUT2D eigenvalue weighted by atomic mass is 9.80. The molecule has 0 bridgehead atoms. The van der Waals surface area contributed by atoms with E-state index in [1.54, 1.807) is 0 Å². The summed E-state index contributed by atoms with van der Waals surface area (Å²) in [5.41, 5.74) is 0.305. The smallest absolute Gasteiger partial charge is 0.313 e. The van der Waals surface area contributed by atoms with Crippen LogP contribution in [0.2, 0.25) is 0 Å². The van der Waals surface area contributed by atoms with Crippen LogP contribution in [-0.4, -0.2) is 22.9 Å². The molecule has 2 rings (SSSR count). The number of pyridine rings is 1. The van der Waals surface area contributed by atoms with Crippen LogP contribution >= 0.6 is 0 Å². The standard InChI is InChI=1S/C17H25N3O3/c1-3-20-11-14(8-9-15(20)21)19-17(23)16(22)18-10-13-7-5-4-6-12(13)2/h8-9,11-13H,3-7,10H2,1-2H3,(H,18,22)(H,19,23). The van der Waals surface area contributed by atoms with Gasteiger partial charge in [-0.1, -0.05) is 26.2 Å². The quantitative estimate of drug-likeness (QED) is 0.830. The summed E-state index contributed by atoms with van der Waals surface area (Å²) in [7, 11) is 0. The van der Waals surface area contributed by atoms with Crippen LogP contribution in [0, 0.1) is 11.8 Å². The van der Waals surface area contributed by atoms with Gasteiger partial charge < -0.3 is 15.2 Å². The van der Waals surface area contributed by atoms with Crippen LogP contribution < -0.4 is 16.2 Å². The molecule has 0 spiro atoms. The molecule has 2 amide bonds. The van der Waals surface area contributed by atoms with E-state index in [0.717, 1.165) is 6.42 Å². The van der Waals surface area contributed by atoms with Crippen LogP contribution in [0.5, 0.6) is 0 Å². The molecule has 6 nitrogen and oxygen atoms in total. The number of anilines is 1. The SMILES string of the molecule is CCn1cc(NC(=O)C(=O)NCC2CCCCC2C)ccc1=O. The summed E-state index contributed by atoms with van der Waals surface area (Å²) in [6, 6.07) is 2.88. The number of rotatable bonds is 4. The van der Waals surface area contributed by atoms with Crippen molar-refractivity contribution in [3.05, 3.63) is 28.7 Å². The van der Waals surface area contributed by atoms with E-state index in [9.17, 15) is 14.4 Å². The lowest BCUT2D eigenvalue weighted by molar-refractivity contribution is -0.136. The Labute approximate surface area is 136 Å². The number of carbonyl (C=O) groups is 2. The molecular formula is C17H25N3O3. The van der Waals surface area contributed by atoms with Crippen molar-refractivity contribution in [3.63, 3.8) is 0 Å². The summed E-state index contributed by atoms with van der Waals surface area (Å²) in [5, 5.41) is 5.26. The Morgan fingerprint density at radius 2 is 1.96 bits per heavy atom. The Morgan fingerprint density at radius 1 is 1.22 bits per heavy atom. The maximum atomic E-state index is 11.9. The third kappa shape index (κ3) is 4.68. The van der Waals surface area contributed by atoms with Gasteiger partial charge in [0.1, 0.15) is 0 Å². The topological polar surface area (TPSA) is 80.2 Å². The third-order valence-electron chi connectivity index (χ3n) is 4.60. The maximum Gasteiger partial charge on any atom is 0.313 e. The van der Waals surface area contributed by atoms with Crippen molar-refractivity contribution in [2.45, 2.75) is 46.1 Å². The van der Waals surface area contributed by atoms with Crippen molar-refractivity contribution in [2.75, 3.05) is 11.9 Å². The summed E-state index contributed by atoms with van der Waals surface area (Å²) in [4.78, 5) is 35.4. The highest BCUT2D eigenvalue weighted by molar-refractivity contribution is 6.39. The first-order chi connectivity index (χ1) is 11.0. The predicted octanol–water partition coefficient (Wildman–Crippen LogP) is 1.75. The van der Waals surface area contributed by atoms with Crippen LogP contribution in [-0.2, 0) is 16.1 Å². The fourth-order valence-electron chi connectivity index (χ4n) is 3.04. The Morgan fingerprint density at radius 3 is 2.65 bits per heavy atom. The predicted molar refractivity (Wildman–Crippen MR) is 89.1 cm³/mol. The monoisotopic (exact) mass is 319 g/mol. The van der Waals surface area contributed by atoms with E-state index >= 15 is 0 Å². The van der Waals surface area contributed by atoms with Crippen molar-refractivity contribution < 1.29 is 9.59 Å². The first kappa shape index (κ1) is 17.2. The largest absolute Gasteiger partial charge is 0.348 e. The van der Waals surface area contributed by atoms with Crippen molar-refractivity contribution in [3.8, 4) is 0 Å². The Balaban J connectivity index is 1.87. The van der Waals surface area contributed by atoms with Crippen molar-refractivity contribution in [1.29, 1.82) is 0 Å². The van der Waals surface area contributed by atoms with Gasteiger partial charge in [0.2, 0.25) is 0 Å². The van der Waals surface area contributed by atoms with E-state index in [1.165, 1.54) is 42.2 Å². The Bertz CT molecular complexity index is 624. The molecular weight excluding hydrogens is 294 g/mol. The molecule has 1 heterocycles. The zero-order valence-electron chi connectivity index (χ0n) is 13.8. The second-order valence-corrected chi connectivity index (χ2v) is 6.23. The zero-order valence-corrected chi connectivity index (χ0v) is 13.8. The van der Waals surface area contributed by atoms with Crippen LogP contribution in [0.15, 0.2) is 23.1 Å². The number of nitrogens with one attached hydrogen (secondary N) is 2. The molecule has 1 aromatic heterocycles. The number of hydrogen-bond donors (Lipinski definition) is 2. The summed E-state index contributed by atoms with van der Waals surface area (Å²) in [6.07, 6.45) is 6.27. The summed E-state index contributed by atoms with van der Waals surface area (Å²) in [6.45, 7) is 5.09. The molecule has 2 atom stereocenters. The summed E-state index contributed by atoms with van der Waals surface area (Å²) >= 11 is 0. The van der Waals surface area contributed by atoms with E-state index in [0.29, 0.717) is 30.6 Å². The van der Waals surface area contributed by atoms with Gasteiger partial charge in [-0.15, -0.1) is 0 Å². The molecule has 6 heteroatoms. The molecule has 2 N–H and O–H groups in total. The van der Waals surface area contributed by atoms with Gasteiger partial charge in [-0.3, -0.25) is 14.4 Å². The second-order valence-electron chi connectivity index (χ2n) is 6.23. The highest BCUT2D eigenvalue weighted by Crippen LogP contribution is 2.28. The van der Waals surface area contributed by atoms with Gasteiger partial charge in [0, 0.05) is 25.4 Å².